The molecule has 0 spiro atoms. The van der Waals surface area contributed by atoms with Crippen molar-refractivity contribution < 1.29 is 32.2 Å². The van der Waals surface area contributed by atoms with Crippen LogP contribution in [0.1, 0.15) is 39.2 Å². The number of nitrogens with zero attached hydrogens (tertiary/aromatic N) is 2. The average Bonchev–Trinajstić information content (AvgIpc) is 3.04. The zero-order valence-electron chi connectivity index (χ0n) is 26.5. The minimum Gasteiger partial charge on any atom is -0.495 e. The van der Waals surface area contributed by atoms with Gasteiger partial charge in [0.1, 0.15) is 18.3 Å². The molecule has 0 bridgehead atoms. The highest BCUT2D eigenvalue weighted by molar-refractivity contribution is 7.92. The lowest BCUT2D eigenvalue weighted by atomic mass is 10.1. The van der Waals surface area contributed by atoms with Crippen LogP contribution in [-0.4, -0.2) is 65.1 Å². The first kappa shape index (κ1) is 37.1. The molecule has 3 aromatic carbocycles. The van der Waals surface area contributed by atoms with Crippen molar-refractivity contribution >= 4 is 62.3 Å². The molecule has 0 aliphatic rings. The topological polar surface area (TPSA) is 114 Å². The number of amides is 2. The van der Waals surface area contributed by atoms with Crippen molar-refractivity contribution in [2.24, 2.45) is 0 Å². The third-order valence-corrected chi connectivity index (χ3v) is 10.1. The van der Waals surface area contributed by atoms with Gasteiger partial charge in [0.2, 0.25) is 11.8 Å². The molecule has 1 N–H and O–H groups in total. The molecule has 14 heteroatoms. The zero-order chi connectivity index (χ0) is 34.2. The van der Waals surface area contributed by atoms with Crippen LogP contribution < -0.4 is 23.8 Å². The van der Waals surface area contributed by atoms with Crippen molar-refractivity contribution in [3.63, 3.8) is 0 Å². The van der Waals surface area contributed by atoms with E-state index in [0.29, 0.717) is 22.8 Å². The maximum absolute atomic E-state index is 14.4. The summed E-state index contributed by atoms with van der Waals surface area (Å²) in [4.78, 5) is 29.1. The molecule has 0 saturated carbocycles. The summed E-state index contributed by atoms with van der Waals surface area (Å²) in [6.45, 7) is 4.80. The highest BCUT2D eigenvalue weighted by Gasteiger charge is 2.35. The summed E-state index contributed by atoms with van der Waals surface area (Å²) >= 11 is 18.7. The third kappa shape index (κ3) is 8.70. The SMILES string of the molecule is CC[C@@H](C)NC(=O)[C@@H](CC)N(Cc1ccc(Cl)c(Cl)c1)C(=O)CN(c1cc(Cl)ccc1OC)S(=O)(=O)c1ccc(OC)c(OC)c1. The van der Waals surface area contributed by atoms with E-state index < -0.39 is 28.5 Å². The van der Waals surface area contributed by atoms with Crippen molar-refractivity contribution in [3.8, 4) is 17.2 Å². The van der Waals surface area contributed by atoms with E-state index in [1.165, 1.54) is 62.6 Å². The standard InChI is InChI=1S/C32H38Cl3N3O7S/c1-7-20(3)36-32(40)26(8-2)37(18-21-9-12-24(34)25(35)15-21)31(39)19-38(27-16-22(33)10-13-28(27)43-4)46(41,42)23-11-14-29(44-5)30(17-23)45-6/h9-17,20,26H,7-8,18-19H2,1-6H3,(H,36,40)/t20-,26-/m1/s1. The third-order valence-electron chi connectivity index (χ3n) is 7.36. The summed E-state index contributed by atoms with van der Waals surface area (Å²) in [7, 11) is -0.295. The van der Waals surface area contributed by atoms with Crippen LogP contribution >= 0.6 is 34.8 Å². The van der Waals surface area contributed by atoms with Gasteiger partial charge in [-0.05, 0) is 67.8 Å². The summed E-state index contributed by atoms with van der Waals surface area (Å²) in [5.41, 5.74) is 0.608. The fourth-order valence-electron chi connectivity index (χ4n) is 4.67. The molecular formula is C32H38Cl3N3O7S. The van der Waals surface area contributed by atoms with Gasteiger partial charge in [-0.2, -0.15) is 0 Å². The highest BCUT2D eigenvalue weighted by atomic mass is 35.5. The second-order valence-electron chi connectivity index (χ2n) is 10.4. The average molecular weight is 715 g/mol. The number of hydrogen-bond donors (Lipinski definition) is 1. The summed E-state index contributed by atoms with van der Waals surface area (Å²) < 4.78 is 45.8. The summed E-state index contributed by atoms with van der Waals surface area (Å²) in [6, 6.07) is 12.3. The fourth-order valence-corrected chi connectivity index (χ4v) is 6.59. The van der Waals surface area contributed by atoms with Gasteiger partial charge in [-0.15, -0.1) is 0 Å². The molecule has 3 aromatic rings. The summed E-state index contributed by atoms with van der Waals surface area (Å²) in [5, 5.41) is 3.74. The van der Waals surface area contributed by atoms with Crippen molar-refractivity contribution in [2.45, 2.75) is 57.1 Å². The first-order valence-electron chi connectivity index (χ1n) is 14.4. The van der Waals surface area contributed by atoms with E-state index in [4.69, 9.17) is 49.0 Å². The number of ether oxygens (including phenoxy) is 3. The monoisotopic (exact) mass is 713 g/mol. The molecule has 250 valence electrons. The van der Waals surface area contributed by atoms with Crippen molar-refractivity contribution in [2.75, 3.05) is 32.2 Å². The largest absolute Gasteiger partial charge is 0.495 e. The number of benzene rings is 3. The molecule has 0 aliphatic heterocycles. The molecule has 46 heavy (non-hydrogen) atoms. The van der Waals surface area contributed by atoms with Crippen LogP contribution in [0.3, 0.4) is 0 Å². The molecule has 10 nitrogen and oxygen atoms in total. The van der Waals surface area contributed by atoms with Crippen LogP contribution in [0.5, 0.6) is 17.2 Å². The van der Waals surface area contributed by atoms with Crippen LogP contribution in [0, 0.1) is 0 Å². The Hall–Kier alpha value is -3.38. The van der Waals surface area contributed by atoms with E-state index in [2.05, 4.69) is 5.32 Å². The molecular weight excluding hydrogens is 677 g/mol. The van der Waals surface area contributed by atoms with E-state index in [1.54, 1.807) is 25.1 Å². The number of nitrogens with one attached hydrogen (secondary N) is 1. The van der Waals surface area contributed by atoms with Crippen LogP contribution in [0.4, 0.5) is 5.69 Å². The van der Waals surface area contributed by atoms with Gasteiger partial charge in [-0.3, -0.25) is 13.9 Å². The van der Waals surface area contributed by atoms with Crippen LogP contribution in [0.2, 0.25) is 15.1 Å². The maximum atomic E-state index is 14.4. The Morgan fingerprint density at radius 3 is 2.07 bits per heavy atom. The predicted octanol–water partition coefficient (Wildman–Crippen LogP) is 6.59. The van der Waals surface area contributed by atoms with Crippen molar-refractivity contribution in [3.05, 3.63) is 75.2 Å². The number of rotatable bonds is 15. The van der Waals surface area contributed by atoms with Crippen LogP contribution in [0.25, 0.3) is 0 Å². The van der Waals surface area contributed by atoms with Crippen LogP contribution in [-0.2, 0) is 26.2 Å². The minimum absolute atomic E-state index is 0.0183. The van der Waals surface area contributed by atoms with Crippen LogP contribution in [0.15, 0.2) is 59.5 Å². The molecule has 0 saturated heterocycles. The maximum Gasteiger partial charge on any atom is 0.265 e. The number of methoxy groups -OCH3 is 3. The molecule has 2 atom stereocenters. The molecule has 0 heterocycles. The first-order chi connectivity index (χ1) is 21.8. The Balaban J connectivity index is 2.19. The Bertz CT molecular complexity index is 1660. The lowest BCUT2D eigenvalue weighted by Gasteiger charge is -2.34. The zero-order valence-corrected chi connectivity index (χ0v) is 29.6. The number of anilines is 1. The molecule has 0 aliphatic carbocycles. The number of sulfonamides is 1. The number of halogens is 3. The van der Waals surface area contributed by atoms with Gasteiger partial charge in [0.05, 0.1) is 42.0 Å². The molecule has 0 aromatic heterocycles. The highest BCUT2D eigenvalue weighted by Crippen LogP contribution is 2.37. The van der Waals surface area contributed by atoms with E-state index in [1.807, 2.05) is 13.8 Å². The van der Waals surface area contributed by atoms with Gasteiger partial charge < -0.3 is 24.4 Å². The first-order valence-corrected chi connectivity index (χ1v) is 17.0. The van der Waals surface area contributed by atoms with E-state index in [9.17, 15) is 18.0 Å². The number of hydrogen-bond acceptors (Lipinski definition) is 7. The molecule has 2 amide bonds. The molecule has 0 unspecified atom stereocenters. The molecule has 3 rings (SSSR count). The Kier molecular flexibility index (Phi) is 13.3. The van der Waals surface area contributed by atoms with Gasteiger partial charge >= 0.3 is 0 Å². The summed E-state index contributed by atoms with van der Waals surface area (Å²) in [5.74, 6) is -0.403. The van der Waals surface area contributed by atoms with Gasteiger partial charge in [-0.1, -0.05) is 54.7 Å². The minimum atomic E-state index is -4.48. The van der Waals surface area contributed by atoms with E-state index in [-0.39, 0.29) is 57.0 Å². The van der Waals surface area contributed by atoms with Gasteiger partial charge in [-0.25, -0.2) is 8.42 Å². The van der Waals surface area contributed by atoms with Gasteiger partial charge in [0.25, 0.3) is 10.0 Å². The van der Waals surface area contributed by atoms with Crippen molar-refractivity contribution in [1.29, 1.82) is 0 Å². The number of carbonyl (C=O) groups excluding carboxylic acids is 2. The van der Waals surface area contributed by atoms with Crippen molar-refractivity contribution in [1.82, 2.24) is 10.2 Å². The lowest BCUT2D eigenvalue weighted by molar-refractivity contribution is -0.140. The second-order valence-corrected chi connectivity index (χ2v) is 13.5. The number of carbonyl (C=O) groups is 2. The van der Waals surface area contributed by atoms with Gasteiger partial charge in [0, 0.05) is 23.7 Å². The molecule has 0 fully saturated rings. The quantitative estimate of drug-likeness (QED) is 0.189. The second kappa shape index (κ2) is 16.4. The lowest BCUT2D eigenvalue weighted by Crippen LogP contribution is -2.53. The van der Waals surface area contributed by atoms with E-state index in [0.717, 1.165) is 4.31 Å². The van der Waals surface area contributed by atoms with Gasteiger partial charge in [0.15, 0.2) is 11.5 Å². The Morgan fingerprint density at radius 1 is 0.826 bits per heavy atom. The summed E-state index contributed by atoms with van der Waals surface area (Å²) in [6.07, 6.45) is 0.924. The smallest absolute Gasteiger partial charge is 0.265 e. The normalized spacial score (nSPS) is 12.5. The fraction of sp³-hybridized carbons (Fsp3) is 0.375. The predicted molar refractivity (Wildman–Crippen MR) is 181 cm³/mol. The van der Waals surface area contributed by atoms with E-state index >= 15 is 0 Å². The Morgan fingerprint density at radius 2 is 1.48 bits per heavy atom. The molecule has 0 radical (unpaired) electrons. The Labute approximate surface area is 285 Å².